The molecule has 1 amide bonds. The first-order valence-corrected chi connectivity index (χ1v) is 9.42. The molecular weight excluding hydrogens is 388 g/mol. The summed E-state index contributed by atoms with van der Waals surface area (Å²) in [5.41, 5.74) is 1.51. The number of halogens is 1. The Hall–Kier alpha value is -3.51. The van der Waals surface area contributed by atoms with Crippen molar-refractivity contribution < 1.29 is 9.53 Å². The molecule has 144 valence electrons. The Kier molecular flexibility index (Phi) is 5.63. The SMILES string of the molecule is O=C(CCc1ncc2cc(Cl)ccc2n1)Nc1ccc(Oc2cccnc2)cc1. The summed E-state index contributed by atoms with van der Waals surface area (Å²) in [4.78, 5) is 25.0. The third kappa shape index (κ3) is 5.06. The Balaban J connectivity index is 1.32. The van der Waals surface area contributed by atoms with Crippen LogP contribution in [0.25, 0.3) is 10.9 Å². The lowest BCUT2D eigenvalue weighted by molar-refractivity contribution is -0.116. The molecule has 7 heteroatoms. The van der Waals surface area contributed by atoms with E-state index in [0.29, 0.717) is 34.5 Å². The van der Waals surface area contributed by atoms with Gasteiger partial charge in [-0.15, -0.1) is 0 Å². The zero-order valence-electron chi connectivity index (χ0n) is 15.4. The molecule has 0 spiro atoms. The van der Waals surface area contributed by atoms with Crippen LogP contribution in [0.15, 0.2) is 73.2 Å². The van der Waals surface area contributed by atoms with Crippen LogP contribution in [0.1, 0.15) is 12.2 Å². The van der Waals surface area contributed by atoms with Crippen LogP contribution in [0.2, 0.25) is 5.02 Å². The summed E-state index contributed by atoms with van der Waals surface area (Å²) in [6.45, 7) is 0. The fourth-order valence-corrected chi connectivity index (χ4v) is 2.94. The van der Waals surface area contributed by atoms with E-state index in [9.17, 15) is 4.79 Å². The van der Waals surface area contributed by atoms with Crippen LogP contribution in [-0.2, 0) is 11.2 Å². The van der Waals surface area contributed by atoms with Crippen molar-refractivity contribution in [3.63, 3.8) is 0 Å². The van der Waals surface area contributed by atoms with Gasteiger partial charge in [0.15, 0.2) is 0 Å². The monoisotopic (exact) mass is 404 g/mol. The minimum absolute atomic E-state index is 0.106. The second-order valence-electron chi connectivity index (χ2n) is 6.35. The lowest BCUT2D eigenvalue weighted by Crippen LogP contribution is -2.13. The maximum Gasteiger partial charge on any atom is 0.224 e. The van der Waals surface area contributed by atoms with Crippen molar-refractivity contribution in [1.82, 2.24) is 15.0 Å². The fourth-order valence-electron chi connectivity index (χ4n) is 2.76. The minimum Gasteiger partial charge on any atom is -0.456 e. The number of amides is 1. The molecule has 0 saturated carbocycles. The number of hydrogen-bond acceptors (Lipinski definition) is 5. The lowest BCUT2D eigenvalue weighted by Gasteiger charge is -2.08. The predicted octanol–water partition coefficient (Wildman–Crippen LogP) is 5.04. The molecule has 0 unspecified atom stereocenters. The number of carbonyl (C=O) groups excluding carboxylic acids is 1. The first-order chi connectivity index (χ1) is 14.2. The third-order valence-electron chi connectivity index (χ3n) is 4.18. The van der Waals surface area contributed by atoms with Crippen molar-refractivity contribution in [2.75, 3.05) is 5.32 Å². The molecule has 0 atom stereocenters. The van der Waals surface area contributed by atoms with Crippen LogP contribution >= 0.6 is 11.6 Å². The number of aromatic nitrogens is 3. The number of rotatable bonds is 6. The zero-order chi connectivity index (χ0) is 20.1. The van der Waals surface area contributed by atoms with E-state index in [1.54, 1.807) is 55.0 Å². The molecule has 0 saturated heterocycles. The Morgan fingerprint density at radius 3 is 2.69 bits per heavy atom. The average molecular weight is 405 g/mol. The van der Waals surface area contributed by atoms with Crippen molar-refractivity contribution in [2.24, 2.45) is 0 Å². The molecule has 4 rings (SSSR count). The second-order valence-corrected chi connectivity index (χ2v) is 6.79. The van der Waals surface area contributed by atoms with Crippen LogP contribution in [0.5, 0.6) is 11.5 Å². The van der Waals surface area contributed by atoms with Crippen molar-refractivity contribution in [3.05, 3.63) is 84.0 Å². The number of nitrogens with zero attached hydrogens (tertiary/aromatic N) is 3. The average Bonchev–Trinajstić information content (AvgIpc) is 2.74. The first kappa shape index (κ1) is 18.8. The highest BCUT2D eigenvalue weighted by Gasteiger charge is 2.07. The number of benzene rings is 2. The van der Waals surface area contributed by atoms with Crippen LogP contribution in [-0.4, -0.2) is 20.9 Å². The van der Waals surface area contributed by atoms with Crippen LogP contribution in [0.3, 0.4) is 0 Å². The molecule has 2 aromatic heterocycles. The predicted molar refractivity (Wildman–Crippen MR) is 112 cm³/mol. The van der Waals surface area contributed by atoms with Gasteiger partial charge >= 0.3 is 0 Å². The number of carbonyl (C=O) groups is 1. The van der Waals surface area contributed by atoms with Crippen molar-refractivity contribution in [2.45, 2.75) is 12.8 Å². The smallest absolute Gasteiger partial charge is 0.224 e. The highest BCUT2D eigenvalue weighted by Crippen LogP contribution is 2.22. The van der Waals surface area contributed by atoms with E-state index in [1.165, 1.54) is 0 Å². The molecule has 0 aliphatic heterocycles. The zero-order valence-corrected chi connectivity index (χ0v) is 16.1. The summed E-state index contributed by atoms with van der Waals surface area (Å²) in [6.07, 6.45) is 5.78. The lowest BCUT2D eigenvalue weighted by atomic mass is 10.2. The molecule has 0 fully saturated rings. The number of aryl methyl sites for hydroxylation is 1. The summed E-state index contributed by atoms with van der Waals surface area (Å²) in [7, 11) is 0. The molecule has 2 aromatic carbocycles. The Bertz CT molecular complexity index is 1130. The Labute approximate surface area is 172 Å². The molecule has 6 nitrogen and oxygen atoms in total. The fraction of sp³-hybridized carbons (Fsp3) is 0.0909. The van der Waals surface area contributed by atoms with Crippen LogP contribution < -0.4 is 10.1 Å². The van der Waals surface area contributed by atoms with Gasteiger partial charge in [0.25, 0.3) is 0 Å². The van der Waals surface area contributed by atoms with Crippen LogP contribution in [0, 0.1) is 0 Å². The maximum absolute atomic E-state index is 12.2. The summed E-state index contributed by atoms with van der Waals surface area (Å²) >= 11 is 5.97. The number of anilines is 1. The number of hydrogen-bond donors (Lipinski definition) is 1. The molecule has 1 N–H and O–H groups in total. The van der Waals surface area contributed by atoms with Crippen molar-refractivity contribution >= 4 is 34.1 Å². The molecule has 0 aliphatic carbocycles. The number of nitrogens with one attached hydrogen (secondary N) is 1. The normalized spacial score (nSPS) is 10.7. The van der Waals surface area contributed by atoms with Crippen molar-refractivity contribution in [1.29, 1.82) is 0 Å². The molecule has 0 bridgehead atoms. The van der Waals surface area contributed by atoms with E-state index in [1.807, 2.05) is 18.2 Å². The van der Waals surface area contributed by atoms with E-state index in [4.69, 9.17) is 16.3 Å². The first-order valence-electron chi connectivity index (χ1n) is 9.05. The van der Waals surface area contributed by atoms with Crippen molar-refractivity contribution in [3.8, 4) is 11.5 Å². The molecule has 0 radical (unpaired) electrons. The quantitative estimate of drug-likeness (QED) is 0.487. The van der Waals surface area contributed by atoms with E-state index in [0.717, 1.165) is 10.9 Å². The van der Waals surface area contributed by atoms with E-state index >= 15 is 0 Å². The Morgan fingerprint density at radius 1 is 1.03 bits per heavy atom. The number of fused-ring (bicyclic) bond motifs is 1. The number of pyridine rings is 1. The standard InChI is InChI=1S/C22H17ClN4O2/c23-16-3-8-20-15(12-16)13-25-21(27-20)9-10-22(28)26-17-4-6-18(7-5-17)29-19-2-1-11-24-14-19/h1-8,11-14H,9-10H2,(H,26,28). The van der Waals surface area contributed by atoms with Gasteiger partial charge in [-0.1, -0.05) is 11.6 Å². The highest BCUT2D eigenvalue weighted by atomic mass is 35.5. The molecular formula is C22H17ClN4O2. The van der Waals surface area contributed by atoms with Gasteiger partial charge in [-0.25, -0.2) is 9.97 Å². The van der Waals surface area contributed by atoms with Gasteiger partial charge in [-0.2, -0.15) is 0 Å². The van der Waals surface area contributed by atoms with E-state index < -0.39 is 0 Å². The summed E-state index contributed by atoms with van der Waals surface area (Å²) in [6, 6.07) is 16.2. The molecule has 0 aliphatic rings. The molecule has 2 heterocycles. The van der Waals surface area contributed by atoms with Gasteiger partial charge in [0, 0.05) is 41.3 Å². The Morgan fingerprint density at radius 2 is 1.90 bits per heavy atom. The van der Waals surface area contributed by atoms with Crippen LogP contribution in [0.4, 0.5) is 5.69 Å². The van der Waals surface area contributed by atoms with Gasteiger partial charge in [-0.05, 0) is 54.6 Å². The van der Waals surface area contributed by atoms with Gasteiger partial charge in [0.05, 0.1) is 11.7 Å². The number of ether oxygens (including phenoxy) is 1. The maximum atomic E-state index is 12.2. The topological polar surface area (TPSA) is 77.0 Å². The van der Waals surface area contributed by atoms with Gasteiger partial charge < -0.3 is 10.1 Å². The van der Waals surface area contributed by atoms with Gasteiger partial charge in [0.1, 0.15) is 17.3 Å². The minimum atomic E-state index is -0.106. The molecule has 4 aromatic rings. The highest BCUT2D eigenvalue weighted by molar-refractivity contribution is 6.31. The second kappa shape index (κ2) is 8.67. The summed E-state index contributed by atoms with van der Waals surface area (Å²) in [5.74, 6) is 1.84. The summed E-state index contributed by atoms with van der Waals surface area (Å²) in [5, 5.41) is 4.39. The van der Waals surface area contributed by atoms with E-state index in [-0.39, 0.29) is 12.3 Å². The summed E-state index contributed by atoms with van der Waals surface area (Å²) < 4.78 is 5.69. The third-order valence-corrected chi connectivity index (χ3v) is 4.41. The molecule has 29 heavy (non-hydrogen) atoms. The van der Waals surface area contributed by atoms with Gasteiger partial charge in [-0.3, -0.25) is 9.78 Å². The van der Waals surface area contributed by atoms with E-state index in [2.05, 4.69) is 20.3 Å². The van der Waals surface area contributed by atoms with Gasteiger partial charge in [0.2, 0.25) is 5.91 Å². The largest absolute Gasteiger partial charge is 0.456 e.